The zero-order valence-corrected chi connectivity index (χ0v) is 13.2. The van der Waals surface area contributed by atoms with E-state index >= 15 is 0 Å². The smallest absolute Gasteiger partial charge is 0.140 e. The highest BCUT2D eigenvalue weighted by molar-refractivity contribution is 7.71. The Morgan fingerprint density at radius 1 is 1.32 bits per heavy atom. The zero-order chi connectivity index (χ0) is 14.1. The second-order valence-corrected chi connectivity index (χ2v) is 6.73. The third-order valence-electron chi connectivity index (χ3n) is 4.41. The number of methoxy groups -OCH3 is 1. The first kappa shape index (κ1) is 14.7. The summed E-state index contributed by atoms with van der Waals surface area (Å²) in [5.74, 6) is 0.912. The van der Waals surface area contributed by atoms with Crippen LogP contribution in [0, 0.1) is 10.1 Å². The zero-order valence-electron chi connectivity index (χ0n) is 12.4. The van der Waals surface area contributed by atoms with E-state index < -0.39 is 0 Å². The number of ether oxygens (including phenoxy) is 1. The maximum Gasteiger partial charge on any atom is 0.140 e. The molecular weight excluding hydrogens is 256 g/mol. The molecule has 1 aliphatic carbocycles. The van der Waals surface area contributed by atoms with Crippen LogP contribution < -0.4 is 0 Å². The molecule has 3 nitrogen and oxygen atoms in total. The molecular formula is C15H24N2OS. The summed E-state index contributed by atoms with van der Waals surface area (Å²) in [6, 6.07) is 1.94. The molecule has 1 aromatic rings. The summed E-state index contributed by atoms with van der Waals surface area (Å²) in [5, 5.41) is 0. The molecule has 106 valence electrons. The SMILES string of the molecule is CCc1cc(=S)nc(C2(OC)CCC(C)(C)CC2)[nH]1. The Morgan fingerprint density at radius 3 is 2.47 bits per heavy atom. The number of nitrogens with one attached hydrogen (secondary N) is 1. The number of aryl methyl sites for hydroxylation is 1. The summed E-state index contributed by atoms with van der Waals surface area (Å²) in [7, 11) is 1.79. The molecule has 0 aromatic carbocycles. The molecule has 0 unspecified atom stereocenters. The highest BCUT2D eigenvalue weighted by Crippen LogP contribution is 2.46. The number of hydrogen-bond donors (Lipinski definition) is 1. The molecule has 1 heterocycles. The number of nitrogens with zero attached hydrogens (tertiary/aromatic N) is 1. The Hall–Kier alpha value is -0.740. The van der Waals surface area contributed by atoms with Gasteiger partial charge >= 0.3 is 0 Å². The van der Waals surface area contributed by atoms with Crippen LogP contribution in [0.2, 0.25) is 0 Å². The summed E-state index contributed by atoms with van der Waals surface area (Å²) in [6.07, 6.45) is 5.24. The lowest BCUT2D eigenvalue weighted by molar-refractivity contribution is -0.0731. The first-order valence-electron chi connectivity index (χ1n) is 7.07. The normalized spacial score (nSPS) is 21.3. The van der Waals surface area contributed by atoms with E-state index in [9.17, 15) is 0 Å². The monoisotopic (exact) mass is 280 g/mol. The average Bonchev–Trinajstić information content (AvgIpc) is 2.38. The fourth-order valence-electron chi connectivity index (χ4n) is 2.78. The summed E-state index contributed by atoms with van der Waals surface area (Å²) in [5.41, 5.74) is 1.26. The van der Waals surface area contributed by atoms with Crippen LogP contribution in [0.15, 0.2) is 6.07 Å². The average molecular weight is 280 g/mol. The van der Waals surface area contributed by atoms with E-state index in [1.54, 1.807) is 7.11 Å². The second kappa shape index (κ2) is 5.33. The fraction of sp³-hybridized carbons (Fsp3) is 0.733. The maximum atomic E-state index is 5.87. The molecule has 0 bridgehead atoms. The second-order valence-electron chi connectivity index (χ2n) is 6.31. The van der Waals surface area contributed by atoms with Crippen LogP contribution in [-0.2, 0) is 16.8 Å². The van der Waals surface area contributed by atoms with Crippen LogP contribution in [0.4, 0.5) is 0 Å². The van der Waals surface area contributed by atoms with Gasteiger partial charge in [-0.3, -0.25) is 0 Å². The molecule has 1 N–H and O–H groups in total. The van der Waals surface area contributed by atoms with Crippen LogP contribution in [-0.4, -0.2) is 17.1 Å². The van der Waals surface area contributed by atoms with Crippen LogP contribution >= 0.6 is 12.2 Å². The lowest BCUT2D eigenvalue weighted by atomic mass is 9.70. The first-order chi connectivity index (χ1) is 8.91. The van der Waals surface area contributed by atoms with Gasteiger partial charge in [0.15, 0.2) is 0 Å². The first-order valence-corrected chi connectivity index (χ1v) is 7.47. The van der Waals surface area contributed by atoms with Gasteiger partial charge in [0, 0.05) is 12.8 Å². The summed E-state index contributed by atoms with van der Waals surface area (Å²) < 4.78 is 6.53. The number of H-pyrrole nitrogens is 1. The predicted molar refractivity (Wildman–Crippen MR) is 79.7 cm³/mol. The topological polar surface area (TPSA) is 37.9 Å². The van der Waals surface area contributed by atoms with E-state index in [0.717, 1.165) is 43.6 Å². The minimum atomic E-state index is -0.283. The molecule has 0 amide bonds. The van der Waals surface area contributed by atoms with Gasteiger partial charge in [0.25, 0.3) is 0 Å². The number of aromatic nitrogens is 2. The van der Waals surface area contributed by atoms with E-state index in [1.165, 1.54) is 0 Å². The third kappa shape index (κ3) is 3.06. The van der Waals surface area contributed by atoms with Crippen molar-refractivity contribution >= 4 is 12.2 Å². The van der Waals surface area contributed by atoms with Crippen LogP contribution in [0.3, 0.4) is 0 Å². The van der Waals surface area contributed by atoms with Crippen molar-refractivity contribution in [3.63, 3.8) is 0 Å². The van der Waals surface area contributed by atoms with Crippen molar-refractivity contribution in [1.29, 1.82) is 0 Å². The molecule has 0 aliphatic heterocycles. The quantitative estimate of drug-likeness (QED) is 0.845. The van der Waals surface area contributed by atoms with E-state index in [4.69, 9.17) is 17.0 Å². The molecule has 0 spiro atoms. The van der Waals surface area contributed by atoms with Crippen molar-refractivity contribution in [3.05, 3.63) is 22.2 Å². The molecule has 0 saturated heterocycles. The van der Waals surface area contributed by atoms with Gasteiger partial charge in [0.05, 0.1) is 0 Å². The number of aromatic amines is 1. The van der Waals surface area contributed by atoms with Gasteiger partial charge in [-0.05, 0) is 43.6 Å². The lowest BCUT2D eigenvalue weighted by Crippen LogP contribution is -2.38. The molecule has 1 fully saturated rings. The van der Waals surface area contributed by atoms with Gasteiger partial charge in [-0.15, -0.1) is 0 Å². The van der Waals surface area contributed by atoms with Crippen molar-refractivity contribution < 1.29 is 4.74 Å². The molecule has 1 saturated carbocycles. The van der Waals surface area contributed by atoms with Crippen molar-refractivity contribution in [2.45, 2.75) is 58.5 Å². The van der Waals surface area contributed by atoms with E-state index in [-0.39, 0.29) is 5.60 Å². The molecule has 1 aliphatic rings. The van der Waals surface area contributed by atoms with E-state index in [2.05, 4.69) is 30.7 Å². The minimum Gasteiger partial charge on any atom is -0.370 e. The molecule has 2 rings (SSSR count). The van der Waals surface area contributed by atoms with Crippen LogP contribution in [0.25, 0.3) is 0 Å². The van der Waals surface area contributed by atoms with Gasteiger partial charge in [0.1, 0.15) is 16.1 Å². The largest absolute Gasteiger partial charge is 0.370 e. The van der Waals surface area contributed by atoms with Crippen molar-refractivity contribution in [2.24, 2.45) is 5.41 Å². The minimum absolute atomic E-state index is 0.283. The number of rotatable bonds is 3. The molecule has 0 radical (unpaired) electrons. The van der Waals surface area contributed by atoms with Crippen molar-refractivity contribution in [2.75, 3.05) is 7.11 Å². The summed E-state index contributed by atoms with van der Waals surface area (Å²) in [6.45, 7) is 6.77. The molecule has 19 heavy (non-hydrogen) atoms. The van der Waals surface area contributed by atoms with Gasteiger partial charge in [-0.2, -0.15) is 0 Å². The Morgan fingerprint density at radius 2 is 1.95 bits per heavy atom. The lowest BCUT2D eigenvalue weighted by Gasteiger charge is -2.42. The van der Waals surface area contributed by atoms with E-state index in [1.807, 2.05) is 6.07 Å². The Kier molecular flexibility index (Phi) is 4.11. The molecule has 4 heteroatoms. The van der Waals surface area contributed by atoms with E-state index in [0.29, 0.717) is 10.1 Å². The Bertz CT molecular complexity index is 497. The third-order valence-corrected chi connectivity index (χ3v) is 4.62. The van der Waals surface area contributed by atoms with Gasteiger partial charge < -0.3 is 9.72 Å². The van der Waals surface area contributed by atoms with Crippen molar-refractivity contribution in [1.82, 2.24) is 9.97 Å². The maximum absolute atomic E-state index is 5.87. The summed E-state index contributed by atoms with van der Waals surface area (Å²) >= 11 is 5.28. The van der Waals surface area contributed by atoms with Gasteiger partial charge in [0.2, 0.25) is 0 Å². The molecule has 0 atom stereocenters. The highest BCUT2D eigenvalue weighted by Gasteiger charge is 2.41. The fourth-order valence-corrected chi connectivity index (χ4v) is 3.02. The summed E-state index contributed by atoms with van der Waals surface area (Å²) in [4.78, 5) is 7.95. The Labute approximate surface area is 120 Å². The predicted octanol–water partition coefficient (Wildman–Crippen LogP) is 4.14. The van der Waals surface area contributed by atoms with Gasteiger partial charge in [-0.1, -0.05) is 33.0 Å². The van der Waals surface area contributed by atoms with Crippen LogP contribution in [0.1, 0.15) is 58.0 Å². The van der Waals surface area contributed by atoms with Crippen LogP contribution in [0.5, 0.6) is 0 Å². The standard InChI is InChI=1S/C15H24N2OS/c1-5-11-10-12(19)17-13(16-11)15(18-4)8-6-14(2,3)7-9-15/h10H,5-9H2,1-4H3,(H,16,17,19). The molecule has 1 aromatic heterocycles. The Balaban J connectivity index is 2.37. The van der Waals surface area contributed by atoms with Gasteiger partial charge in [-0.25, -0.2) is 4.98 Å². The van der Waals surface area contributed by atoms with Crippen molar-refractivity contribution in [3.8, 4) is 0 Å². The number of hydrogen-bond acceptors (Lipinski definition) is 3. The highest BCUT2D eigenvalue weighted by atomic mass is 32.1.